The van der Waals surface area contributed by atoms with Gasteiger partial charge in [0, 0.05) is 23.6 Å². The van der Waals surface area contributed by atoms with Crippen molar-refractivity contribution in [3.63, 3.8) is 0 Å². The fourth-order valence-electron chi connectivity index (χ4n) is 2.15. The first-order valence-corrected chi connectivity index (χ1v) is 6.77. The maximum atomic E-state index is 11.2. The van der Waals surface area contributed by atoms with Gasteiger partial charge in [0.1, 0.15) is 6.10 Å². The molecule has 1 aromatic carbocycles. The minimum atomic E-state index is -0.489. The van der Waals surface area contributed by atoms with E-state index in [0.717, 1.165) is 11.0 Å². The Hall–Kier alpha value is -0.910. The fraction of sp³-hybridized carbons (Fsp3) is 0.462. The quantitative estimate of drug-likeness (QED) is 0.924. The SMILES string of the molecule is CC(c1ccc(Br)cc1)N1CCOC(C(N)=O)C1. The number of nitrogens with zero attached hydrogens (tertiary/aromatic N) is 1. The first kappa shape index (κ1) is 13.5. The van der Waals surface area contributed by atoms with Crippen LogP contribution in [0.15, 0.2) is 28.7 Å². The molecule has 0 bridgehead atoms. The van der Waals surface area contributed by atoms with Gasteiger partial charge in [-0.05, 0) is 24.6 Å². The number of halogens is 1. The van der Waals surface area contributed by atoms with Crippen LogP contribution < -0.4 is 5.73 Å². The number of nitrogens with two attached hydrogens (primary N) is 1. The molecular weight excluding hydrogens is 296 g/mol. The molecule has 2 rings (SSSR count). The van der Waals surface area contributed by atoms with Crippen LogP contribution in [0.25, 0.3) is 0 Å². The summed E-state index contributed by atoms with van der Waals surface area (Å²) in [6.07, 6.45) is -0.489. The highest BCUT2D eigenvalue weighted by Crippen LogP contribution is 2.23. The monoisotopic (exact) mass is 312 g/mol. The summed E-state index contributed by atoms with van der Waals surface area (Å²) in [5.41, 5.74) is 6.52. The Bertz CT molecular complexity index is 422. The molecule has 2 atom stereocenters. The average molecular weight is 313 g/mol. The van der Waals surface area contributed by atoms with E-state index in [-0.39, 0.29) is 11.9 Å². The van der Waals surface area contributed by atoms with Crippen molar-refractivity contribution < 1.29 is 9.53 Å². The van der Waals surface area contributed by atoms with Gasteiger partial charge in [-0.3, -0.25) is 9.69 Å². The van der Waals surface area contributed by atoms with E-state index in [9.17, 15) is 4.79 Å². The zero-order valence-electron chi connectivity index (χ0n) is 10.3. The van der Waals surface area contributed by atoms with Crippen molar-refractivity contribution in [1.82, 2.24) is 4.90 Å². The second-order valence-corrected chi connectivity index (χ2v) is 5.40. The molecule has 1 saturated heterocycles. The second kappa shape index (κ2) is 5.82. The number of rotatable bonds is 3. The number of hydrogen-bond acceptors (Lipinski definition) is 3. The molecule has 2 N–H and O–H groups in total. The third kappa shape index (κ3) is 3.10. The highest BCUT2D eigenvalue weighted by molar-refractivity contribution is 9.10. The van der Waals surface area contributed by atoms with E-state index in [1.54, 1.807) is 0 Å². The van der Waals surface area contributed by atoms with Crippen molar-refractivity contribution in [2.45, 2.75) is 19.1 Å². The van der Waals surface area contributed by atoms with Crippen LogP contribution in [0.5, 0.6) is 0 Å². The lowest BCUT2D eigenvalue weighted by atomic mass is 10.1. The van der Waals surface area contributed by atoms with E-state index >= 15 is 0 Å². The topological polar surface area (TPSA) is 55.6 Å². The molecule has 4 nitrogen and oxygen atoms in total. The predicted octanol–water partition coefficient (Wildman–Crippen LogP) is 1.70. The van der Waals surface area contributed by atoms with E-state index in [1.807, 2.05) is 12.1 Å². The normalized spacial score (nSPS) is 22.7. The Morgan fingerprint density at radius 3 is 2.78 bits per heavy atom. The summed E-state index contributed by atoms with van der Waals surface area (Å²) in [5.74, 6) is -0.386. The van der Waals surface area contributed by atoms with Gasteiger partial charge >= 0.3 is 0 Å². The first-order valence-electron chi connectivity index (χ1n) is 5.98. The standard InChI is InChI=1S/C13H17BrN2O2/c1-9(10-2-4-11(14)5-3-10)16-6-7-18-12(8-16)13(15)17/h2-5,9,12H,6-8H2,1H3,(H2,15,17). The predicted molar refractivity (Wildman–Crippen MR) is 73.1 cm³/mol. The van der Waals surface area contributed by atoms with Crippen LogP contribution in [0.4, 0.5) is 0 Å². The van der Waals surface area contributed by atoms with Gasteiger partial charge in [-0.25, -0.2) is 0 Å². The Labute approximate surface area is 115 Å². The summed E-state index contributed by atoms with van der Waals surface area (Å²) in [5, 5.41) is 0. The molecule has 1 aliphatic heterocycles. The summed E-state index contributed by atoms with van der Waals surface area (Å²) in [6.45, 7) is 4.06. The summed E-state index contributed by atoms with van der Waals surface area (Å²) >= 11 is 3.42. The maximum Gasteiger partial charge on any atom is 0.247 e. The summed E-state index contributed by atoms with van der Waals surface area (Å²) in [6, 6.07) is 8.48. The van der Waals surface area contributed by atoms with Gasteiger partial charge in [0.2, 0.25) is 5.91 Å². The molecule has 1 fully saturated rings. The van der Waals surface area contributed by atoms with Crippen molar-refractivity contribution in [2.75, 3.05) is 19.7 Å². The lowest BCUT2D eigenvalue weighted by Crippen LogP contribution is -2.49. The molecule has 0 radical (unpaired) electrons. The van der Waals surface area contributed by atoms with Crippen molar-refractivity contribution in [2.24, 2.45) is 5.73 Å². The van der Waals surface area contributed by atoms with Crippen LogP contribution in [0.1, 0.15) is 18.5 Å². The summed E-state index contributed by atoms with van der Waals surface area (Å²) < 4.78 is 6.42. The van der Waals surface area contributed by atoms with E-state index in [4.69, 9.17) is 10.5 Å². The molecule has 1 aromatic rings. The Balaban J connectivity index is 2.06. The lowest BCUT2D eigenvalue weighted by molar-refractivity contribution is -0.136. The zero-order valence-corrected chi connectivity index (χ0v) is 11.9. The number of carbonyl (C=O) groups excluding carboxylic acids is 1. The fourth-order valence-corrected chi connectivity index (χ4v) is 2.41. The largest absolute Gasteiger partial charge is 0.367 e. The number of amides is 1. The van der Waals surface area contributed by atoms with Crippen molar-refractivity contribution >= 4 is 21.8 Å². The molecule has 1 amide bonds. The van der Waals surface area contributed by atoms with Crippen molar-refractivity contribution in [1.29, 1.82) is 0 Å². The molecular formula is C13H17BrN2O2. The second-order valence-electron chi connectivity index (χ2n) is 4.48. The Kier molecular flexibility index (Phi) is 4.37. The molecule has 5 heteroatoms. The molecule has 0 spiro atoms. The van der Waals surface area contributed by atoms with Gasteiger partial charge < -0.3 is 10.5 Å². The molecule has 0 aliphatic carbocycles. The number of benzene rings is 1. The van der Waals surface area contributed by atoms with E-state index < -0.39 is 6.10 Å². The number of hydrogen-bond donors (Lipinski definition) is 1. The van der Waals surface area contributed by atoms with Gasteiger partial charge in [-0.1, -0.05) is 28.1 Å². The summed E-state index contributed by atoms with van der Waals surface area (Å²) in [4.78, 5) is 13.4. The minimum absolute atomic E-state index is 0.254. The van der Waals surface area contributed by atoms with Gasteiger partial charge in [-0.2, -0.15) is 0 Å². The van der Waals surface area contributed by atoms with Crippen molar-refractivity contribution in [3.05, 3.63) is 34.3 Å². The average Bonchev–Trinajstić information content (AvgIpc) is 2.39. The van der Waals surface area contributed by atoms with Crippen LogP contribution >= 0.6 is 15.9 Å². The first-order chi connectivity index (χ1) is 8.58. The van der Waals surface area contributed by atoms with Crippen LogP contribution in [0, 0.1) is 0 Å². The molecule has 98 valence electrons. The van der Waals surface area contributed by atoms with Gasteiger partial charge in [0.05, 0.1) is 6.61 Å². The molecule has 1 heterocycles. The third-order valence-electron chi connectivity index (χ3n) is 3.32. The number of carbonyl (C=O) groups is 1. The number of primary amides is 1. The highest BCUT2D eigenvalue weighted by Gasteiger charge is 2.27. The van der Waals surface area contributed by atoms with Gasteiger partial charge in [0.15, 0.2) is 0 Å². The van der Waals surface area contributed by atoms with Crippen LogP contribution in [0.2, 0.25) is 0 Å². The number of morpholine rings is 1. The molecule has 18 heavy (non-hydrogen) atoms. The van der Waals surface area contributed by atoms with Gasteiger partial charge in [-0.15, -0.1) is 0 Å². The van der Waals surface area contributed by atoms with Crippen molar-refractivity contribution in [3.8, 4) is 0 Å². The van der Waals surface area contributed by atoms with Crippen LogP contribution in [-0.4, -0.2) is 36.6 Å². The molecule has 0 saturated carbocycles. The molecule has 1 aliphatic rings. The zero-order chi connectivity index (χ0) is 13.1. The van der Waals surface area contributed by atoms with Crippen LogP contribution in [-0.2, 0) is 9.53 Å². The number of ether oxygens (including phenoxy) is 1. The molecule has 0 aromatic heterocycles. The minimum Gasteiger partial charge on any atom is -0.367 e. The van der Waals surface area contributed by atoms with E-state index in [2.05, 4.69) is 39.9 Å². The lowest BCUT2D eigenvalue weighted by Gasteiger charge is -2.35. The van der Waals surface area contributed by atoms with Gasteiger partial charge in [0.25, 0.3) is 0 Å². The summed E-state index contributed by atoms with van der Waals surface area (Å²) in [7, 11) is 0. The van der Waals surface area contributed by atoms with Crippen LogP contribution in [0.3, 0.4) is 0 Å². The van der Waals surface area contributed by atoms with E-state index in [1.165, 1.54) is 5.56 Å². The Morgan fingerprint density at radius 2 is 2.17 bits per heavy atom. The molecule has 2 unspecified atom stereocenters. The highest BCUT2D eigenvalue weighted by atomic mass is 79.9. The third-order valence-corrected chi connectivity index (χ3v) is 3.84. The Morgan fingerprint density at radius 1 is 1.50 bits per heavy atom. The maximum absolute atomic E-state index is 11.2. The van der Waals surface area contributed by atoms with E-state index in [0.29, 0.717) is 13.2 Å². The smallest absolute Gasteiger partial charge is 0.247 e.